The molecule has 3 N–H and O–H groups in total. The van der Waals surface area contributed by atoms with E-state index in [1.165, 1.54) is 6.20 Å². The highest BCUT2D eigenvalue weighted by Gasteiger charge is 2.32. The number of nitrogens with zero attached hydrogens (tertiary/aromatic N) is 1. The van der Waals surface area contributed by atoms with Gasteiger partial charge in [-0.3, -0.25) is 4.79 Å². The Morgan fingerprint density at radius 1 is 1.36 bits per heavy atom. The van der Waals surface area contributed by atoms with Crippen molar-refractivity contribution in [2.75, 3.05) is 13.2 Å². The highest BCUT2D eigenvalue weighted by atomic mass is 35.5. The molecule has 0 unspecified atom stereocenters. The number of amides is 1. The third kappa shape index (κ3) is 7.25. The summed E-state index contributed by atoms with van der Waals surface area (Å²) < 4.78 is 41.4. The van der Waals surface area contributed by atoms with E-state index in [0.717, 1.165) is 19.3 Å². The van der Waals surface area contributed by atoms with Crippen molar-refractivity contribution in [2.45, 2.75) is 32.0 Å². The highest BCUT2D eigenvalue weighted by molar-refractivity contribution is 5.85. The summed E-state index contributed by atoms with van der Waals surface area (Å²) >= 11 is 0. The van der Waals surface area contributed by atoms with Crippen LogP contribution in [0.25, 0.3) is 0 Å². The number of carbonyl (C=O) groups is 1. The van der Waals surface area contributed by atoms with Gasteiger partial charge in [0.25, 0.3) is 0 Å². The largest absolute Gasteiger partial charge is 0.468 e. The molecule has 1 aromatic rings. The van der Waals surface area contributed by atoms with E-state index in [1.807, 2.05) is 0 Å². The molecule has 0 aromatic carbocycles. The summed E-state index contributed by atoms with van der Waals surface area (Å²) in [6.07, 6.45) is -0.402. The summed E-state index contributed by atoms with van der Waals surface area (Å²) in [6.45, 7) is -0.874. The summed E-state index contributed by atoms with van der Waals surface area (Å²) in [5, 5.41) is 2.75. The van der Waals surface area contributed by atoms with E-state index in [0.29, 0.717) is 12.1 Å². The molecular weight excluding hydrogens is 382 g/mol. The van der Waals surface area contributed by atoms with Crippen LogP contribution in [0.4, 0.5) is 13.2 Å². The van der Waals surface area contributed by atoms with Crippen molar-refractivity contribution in [2.24, 2.45) is 17.6 Å². The Hall–Kier alpha value is -1.25. The van der Waals surface area contributed by atoms with E-state index in [-0.39, 0.29) is 55.0 Å². The van der Waals surface area contributed by atoms with Crippen LogP contribution in [-0.4, -0.2) is 30.2 Å². The first-order valence-corrected chi connectivity index (χ1v) is 7.52. The summed E-state index contributed by atoms with van der Waals surface area (Å²) in [5.41, 5.74) is 6.07. The Labute approximate surface area is 156 Å². The Bertz CT molecular complexity index is 547. The maximum atomic E-state index is 12.2. The van der Waals surface area contributed by atoms with Crippen LogP contribution in [0.1, 0.15) is 24.8 Å². The van der Waals surface area contributed by atoms with Gasteiger partial charge < -0.3 is 15.8 Å². The molecule has 0 spiro atoms. The van der Waals surface area contributed by atoms with Gasteiger partial charge in [-0.2, -0.15) is 13.2 Å². The molecule has 1 saturated carbocycles. The minimum absolute atomic E-state index is 0. The predicted molar refractivity (Wildman–Crippen MR) is 92.0 cm³/mol. The van der Waals surface area contributed by atoms with Crippen molar-refractivity contribution < 1.29 is 22.7 Å². The number of rotatable bonds is 6. The number of nitrogens with two attached hydrogens (primary N) is 1. The number of carbonyl (C=O) groups excluding carboxylic acids is 1. The molecule has 10 heteroatoms. The smallest absolute Gasteiger partial charge is 0.422 e. The van der Waals surface area contributed by atoms with E-state index in [1.54, 1.807) is 12.1 Å². The SMILES string of the molecule is Cl.Cl.NC[C@H]1CCC[C@H]1C(=O)NCc1cccnc1OCC(F)(F)F. The van der Waals surface area contributed by atoms with Crippen molar-refractivity contribution >= 4 is 30.7 Å². The molecule has 2 atom stereocenters. The van der Waals surface area contributed by atoms with Gasteiger partial charge >= 0.3 is 6.18 Å². The summed E-state index contributed by atoms with van der Waals surface area (Å²) in [5.74, 6) is -0.198. The standard InChI is InChI=1S/C15H20F3N3O2.2ClH/c16-15(17,18)9-23-14-11(4-2-6-20-14)8-21-13(22)12-5-1-3-10(12)7-19;;/h2,4,6,10,12H,1,3,5,7-9,19H2,(H,21,22);2*1H/t10-,12-;;/m1../s1. The number of hydrogen-bond donors (Lipinski definition) is 2. The molecule has 1 aliphatic rings. The number of alkyl halides is 3. The number of hydrogen-bond acceptors (Lipinski definition) is 4. The molecule has 5 nitrogen and oxygen atoms in total. The van der Waals surface area contributed by atoms with Gasteiger partial charge in [0, 0.05) is 24.2 Å². The van der Waals surface area contributed by atoms with Gasteiger partial charge in [0.15, 0.2) is 6.61 Å². The van der Waals surface area contributed by atoms with E-state index >= 15 is 0 Å². The zero-order valence-corrected chi connectivity index (χ0v) is 15.1. The monoisotopic (exact) mass is 403 g/mol. The quantitative estimate of drug-likeness (QED) is 0.765. The van der Waals surface area contributed by atoms with Gasteiger partial charge in [-0.15, -0.1) is 24.8 Å². The van der Waals surface area contributed by atoms with Gasteiger partial charge in [-0.05, 0) is 31.4 Å². The molecule has 0 aliphatic heterocycles. The number of ether oxygens (including phenoxy) is 1. The minimum atomic E-state index is -4.43. The molecule has 144 valence electrons. The van der Waals surface area contributed by atoms with Crippen LogP contribution in [0, 0.1) is 11.8 Å². The normalized spacial score (nSPS) is 19.5. The molecular formula is C15H22Cl2F3N3O2. The van der Waals surface area contributed by atoms with E-state index in [9.17, 15) is 18.0 Å². The molecule has 0 saturated heterocycles. The fourth-order valence-corrected chi connectivity index (χ4v) is 2.82. The second-order valence-electron chi connectivity index (χ2n) is 5.62. The molecule has 0 radical (unpaired) electrons. The minimum Gasteiger partial charge on any atom is -0.468 e. The molecule has 1 aliphatic carbocycles. The lowest BCUT2D eigenvalue weighted by Crippen LogP contribution is -2.34. The van der Waals surface area contributed by atoms with Crippen LogP contribution < -0.4 is 15.8 Å². The molecule has 1 aromatic heterocycles. The van der Waals surface area contributed by atoms with Crippen molar-refractivity contribution in [3.8, 4) is 5.88 Å². The van der Waals surface area contributed by atoms with Crippen molar-refractivity contribution in [3.63, 3.8) is 0 Å². The zero-order valence-electron chi connectivity index (χ0n) is 13.4. The van der Waals surface area contributed by atoms with Gasteiger partial charge in [-0.1, -0.05) is 12.5 Å². The van der Waals surface area contributed by atoms with Crippen molar-refractivity contribution in [3.05, 3.63) is 23.9 Å². The molecule has 25 heavy (non-hydrogen) atoms. The summed E-state index contributed by atoms with van der Waals surface area (Å²) in [7, 11) is 0. The van der Waals surface area contributed by atoms with Crippen LogP contribution >= 0.6 is 24.8 Å². The Balaban J connectivity index is 0.00000288. The van der Waals surface area contributed by atoms with Crippen LogP contribution in [0.15, 0.2) is 18.3 Å². The lowest BCUT2D eigenvalue weighted by Gasteiger charge is -2.18. The second-order valence-corrected chi connectivity index (χ2v) is 5.62. The molecule has 1 fully saturated rings. The van der Waals surface area contributed by atoms with Gasteiger partial charge in [0.2, 0.25) is 11.8 Å². The Kier molecular flexibility index (Phi) is 10.1. The molecule has 0 bridgehead atoms. The lowest BCUT2D eigenvalue weighted by molar-refractivity contribution is -0.154. The fourth-order valence-electron chi connectivity index (χ4n) is 2.82. The molecule has 1 amide bonds. The van der Waals surface area contributed by atoms with Crippen molar-refractivity contribution in [1.82, 2.24) is 10.3 Å². The lowest BCUT2D eigenvalue weighted by atomic mass is 9.95. The van der Waals surface area contributed by atoms with Crippen LogP contribution in [0.5, 0.6) is 5.88 Å². The second kappa shape index (κ2) is 10.7. The number of pyridine rings is 1. The first-order valence-electron chi connectivity index (χ1n) is 7.52. The average Bonchev–Trinajstić information content (AvgIpc) is 2.99. The van der Waals surface area contributed by atoms with Crippen LogP contribution in [0.3, 0.4) is 0 Å². The van der Waals surface area contributed by atoms with E-state index < -0.39 is 12.8 Å². The van der Waals surface area contributed by atoms with Crippen molar-refractivity contribution in [1.29, 1.82) is 0 Å². The third-order valence-corrected chi connectivity index (χ3v) is 3.97. The van der Waals surface area contributed by atoms with Gasteiger partial charge in [0.1, 0.15) is 0 Å². The van der Waals surface area contributed by atoms with Gasteiger partial charge in [0.05, 0.1) is 0 Å². The van der Waals surface area contributed by atoms with Gasteiger partial charge in [-0.25, -0.2) is 4.98 Å². The first kappa shape index (κ1) is 23.8. The first-order chi connectivity index (χ1) is 10.9. The number of aromatic nitrogens is 1. The Morgan fingerprint density at radius 2 is 2.08 bits per heavy atom. The molecule has 2 rings (SSSR count). The highest BCUT2D eigenvalue weighted by Crippen LogP contribution is 2.31. The van der Waals surface area contributed by atoms with Crippen LogP contribution in [0.2, 0.25) is 0 Å². The Morgan fingerprint density at radius 3 is 2.72 bits per heavy atom. The number of nitrogens with one attached hydrogen (secondary N) is 1. The topological polar surface area (TPSA) is 77.2 Å². The maximum Gasteiger partial charge on any atom is 0.422 e. The van der Waals surface area contributed by atoms with E-state index in [2.05, 4.69) is 10.3 Å². The number of halogens is 5. The zero-order chi connectivity index (χ0) is 16.9. The fraction of sp³-hybridized carbons (Fsp3) is 0.600. The third-order valence-electron chi connectivity index (χ3n) is 3.97. The van der Waals surface area contributed by atoms with E-state index in [4.69, 9.17) is 10.5 Å². The molecule has 1 heterocycles. The van der Waals surface area contributed by atoms with Crippen LogP contribution in [-0.2, 0) is 11.3 Å². The summed E-state index contributed by atoms with van der Waals surface area (Å²) in [6, 6.07) is 3.16. The average molecular weight is 404 g/mol. The maximum absolute atomic E-state index is 12.2. The summed E-state index contributed by atoms with van der Waals surface area (Å²) in [4.78, 5) is 16.0. The predicted octanol–water partition coefficient (Wildman–Crippen LogP) is 2.86.